The minimum atomic E-state index is -0.0166. The van der Waals surface area contributed by atoms with Crippen molar-refractivity contribution in [3.8, 4) is 11.3 Å². The van der Waals surface area contributed by atoms with Gasteiger partial charge in [-0.05, 0) is 31.5 Å². The van der Waals surface area contributed by atoms with Crippen molar-refractivity contribution in [3.05, 3.63) is 76.4 Å². The zero-order valence-corrected chi connectivity index (χ0v) is 14.5. The normalized spacial score (nSPS) is 10.8. The van der Waals surface area contributed by atoms with Gasteiger partial charge in [-0.25, -0.2) is 0 Å². The van der Waals surface area contributed by atoms with Gasteiger partial charge in [0.15, 0.2) is 5.78 Å². The van der Waals surface area contributed by atoms with Crippen molar-refractivity contribution in [2.24, 2.45) is 0 Å². The molecule has 3 aromatic rings. The number of nitrogens with zero attached hydrogens (tertiary/aromatic N) is 1. The van der Waals surface area contributed by atoms with E-state index in [2.05, 4.69) is 4.57 Å². The summed E-state index contributed by atoms with van der Waals surface area (Å²) in [5.41, 5.74) is 11.4. The third-order valence-electron chi connectivity index (χ3n) is 4.21. The zero-order chi connectivity index (χ0) is 17.3. The Hall–Kier alpha value is -2.52. The molecule has 2 N–H and O–H groups in total. The summed E-state index contributed by atoms with van der Waals surface area (Å²) in [6, 6.07) is 17.6. The van der Waals surface area contributed by atoms with Crippen LogP contribution in [0.4, 0.5) is 5.69 Å². The summed E-state index contributed by atoms with van der Waals surface area (Å²) in [4.78, 5) is 12.1. The van der Waals surface area contributed by atoms with E-state index in [0.717, 1.165) is 22.5 Å². The van der Waals surface area contributed by atoms with Crippen LogP contribution in [0.2, 0.25) is 5.02 Å². The molecule has 0 aliphatic heterocycles. The largest absolute Gasteiger partial charge is 0.396 e. The number of carbonyl (C=O) groups excluding carboxylic acids is 1. The smallest absolute Gasteiger partial charge is 0.163 e. The maximum Gasteiger partial charge on any atom is 0.163 e. The van der Waals surface area contributed by atoms with Gasteiger partial charge < -0.3 is 10.3 Å². The van der Waals surface area contributed by atoms with Crippen molar-refractivity contribution in [2.75, 3.05) is 5.73 Å². The topological polar surface area (TPSA) is 48.0 Å². The third kappa shape index (κ3) is 2.95. The average Bonchev–Trinajstić information content (AvgIpc) is 2.81. The monoisotopic (exact) mass is 338 g/mol. The van der Waals surface area contributed by atoms with Crippen molar-refractivity contribution in [1.82, 2.24) is 4.57 Å². The van der Waals surface area contributed by atoms with Crippen LogP contribution in [-0.4, -0.2) is 10.4 Å². The zero-order valence-electron chi connectivity index (χ0n) is 13.7. The van der Waals surface area contributed by atoms with Crippen molar-refractivity contribution >= 4 is 23.1 Å². The van der Waals surface area contributed by atoms with E-state index in [1.807, 2.05) is 61.5 Å². The van der Waals surface area contributed by atoms with Crippen LogP contribution in [-0.2, 0) is 6.54 Å². The summed E-state index contributed by atoms with van der Waals surface area (Å²) in [6.07, 6.45) is 0. The van der Waals surface area contributed by atoms with Crippen LogP contribution in [0.5, 0.6) is 0 Å². The van der Waals surface area contributed by atoms with E-state index in [9.17, 15) is 4.79 Å². The number of halogens is 1. The molecular weight excluding hydrogens is 320 g/mol. The highest BCUT2D eigenvalue weighted by atomic mass is 35.5. The van der Waals surface area contributed by atoms with Crippen molar-refractivity contribution in [1.29, 1.82) is 0 Å². The average molecular weight is 339 g/mol. The number of ketones is 1. The molecule has 0 spiro atoms. The molecule has 0 unspecified atom stereocenters. The van der Waals surface area contributed by atoms with E-state index in [4.69, 9.17) is 17.3 Å². The first-order chi connectivity index (χ1) is 11.5. The second kappa shape index (κ2) is 6.54. The number of benzene rings is 2. The molecule has 1 aromatic heterocycles. The van der Waals surface area contributed by atoms with E-state index in [-0.39, 0.29) is 5.78 Å². The number of hydrogen-bond acceptors (Lipinski definition) is 2. The highest BCUT2D eigenvalue weighted by Crippen LogP contribution is 2.34. The lowest BCUT2D eigenvalue weighted by Gasteiger charge is -2.13. The SMILES string of the molecule is CC(=O)c1c(N)c(-c2ccccc2)n(Cc2ccc(Cl)cc2)c1C. The lowest BCUT2D eigenvalue weighted by atomic mass is 10.1. The molecule has 0 saturated heterocycles. The number of aromatic nitrogens is 1. The van der Waals surface area contributed by atoms with Crippen LogP contribution < -0.4 is 5.73 Å². The first kappa shape index (κ1) is 16.3. The fraction of sp³-hybridized carbons (Fsp3) is 0.150. The maximum atomic E-state index is 12.1. The van der Waals surface area contributed by atoms with Gasteiger partial charge in [0.1, 0.15) is 0 Å². The molecule has 0 saturated carbocycles. The highest BCUT2D eigenvalue weighted by molar-refractivity contribution is 6.30. The number of rotatable bonds is 4. The standard InChI is InChI=1S/C20H19ClN2O/c1-13-18(14(2)24)19(22)20(16-6-4-3-5-7-16)23(13)12-15-8-10-17(21)11-9-15/h3-11H,12,22H2,1-2H3. The molecule has 1 heterocycles. The molecule has 0 amide bonds. The Morgan fingerprint density at radius 1 is 1.08 bits per heavy atom. The Bertz CT molecular complexity index is 880. The number of Topliss-reactive ketones (excluding diaryl/α,β-unsaturated/α-hetero) is 1. The molecule has 4 heteroatoms. The minimum Gasteiger partial charge on any atom is -0.396 e. The van der Waals surface area contributed by atoms with Gasteiger partial charge in [0, 0.05) is 22.8 Å². The van der Waals surface area contributed by atoms with E-state index < -0.39 is 0 Å². The summed E-state index contributed by atoms with van der Waals surface area (Å²) in [5, 5.41) is 0.704. The highest BCUT2D eigenvalue weighted by Gasteiger charge is 2.22. The van der Waals surface area contributed by atoms with Crippen LogP contribution in [0.15, 0.2) is 54.6 Å². The predicted octanol–water partition coefficient (Wildman–Crippen LogP) is 4.95. The van der Waals surface area contributed by atoms with Crippen LogP contribution in [0, 0.1) is 6.92 Å². The van der Waals surface area contributed by atoms with Gasteiger partial charge in [-0.1, -0.05) is 54.1 Å². The number of anilines is 1. The third-order valence-corrected chi connectivity index (χ3v) is 4.47. The van der Waals surface area contributed by atoms with Crippen molar-refractivity contribution in [2.45, 2.75) is 20.4 Å². The molecule has 122 valence electrons. The van der Waals surface area contributed by atoms with Gasteiger partial charge in [0.25, 0.3) is 0 Å². The molecule has 3 rings (SSSR count). The first-order valence-corrected chi connectivity index (χ1v) is 8.16. The molecule has 24 heavy (non-hydrogen) atoms. The van der Waals surface area contributed by atoms with Gasteiger partial charge in [0.2, 0.25) is 0 Å². The summed E-state index contributed by atoms with van der Waals surface area (Å²) in [5.74, 6) is -0.0166. The van der Waals surface area contributed by atoms with E-state index in [1.54, 1.807) is 6.92 Å². The Morgan fingerprint density at radius 3 is 2.29 bits per heavy atom. The summed E-state index contributed by atoms with van der Waals surface area (Å²) < 4.78 is 2.10. The fourth-order valence-electron chi connectivity index (χ4n) is 3.08. The molecule has 0 fully saturated rings. The summed E-state index contributed by atoms with van der Waals surface area (Å²) in [7, 11) is 0. The quantitative estimate of drug-likeness (QED) is 0.684. The van der Waals surface area contributed by atoms with Crippen LogP contribution in [0.1, 0.15) is 28.5 Å². The van der Waals surface area contributed by atoms with Gasteiger partial charge in [0.05, 0.1) is 16.9 Å². The summed E-state index contributed by atoms with van der Waals surface area (Å²) >= 11 is 5.97. The second-order valence-electron chi connectivity index (χ2n) is 5.86. The van der Waals surface area contributed by atoms with E-state index in [1.165, 1.54) is 0 Å². The predicted molar refractivity (Wildman–Crippen MR) is 99.6 cm³/mol. The second-order valence-corrected chi connectivity index (χ2v) is 6.29. The summed E-state index contributed by atoms with van der Waals surface area (Å²) in [6.45, 7) is 4.13. The molecular formula is C20H19ClN2O. The molecule has 0 aliphatic carbocycles. The molecule has 3 nitrogen and oxygen atoms in total. The number of hydrogen-bond donors (Lipinski definition) is 1. The molecule has 0 bridgehead atoms. The molecule has 0 radical (unpaired) electrons. The van der Waals surface area contributed by atoms with Gasteiger partial charge in [-0.15, -0.1) is 0 Å². The lowest BCUT2D eigenvalue weighted by Crippen LogP contribution is -2.05. The Morgan fingerprint density at radius 2 is 1.71 bits per heavy atom. The number of nitrogens with two attached hydrogens (primary N) is 1. The number of carbonyl (C=O) groups is 1. The van der Waals surface area contributed by atoms with Gasteiger partial charge >= 0.3 is 0 Å². The lowest BCUT2D eigenvalue weighted by molar-refractivity contribution is 0.101. The Labute approximate surface area is 146 Å². The van der Waals surface area contributed by atoms with Gasteiger partial charge in [-0.2, -0.15) is 0 Å². The van der Waals surface area contributed by atoms with E-state index >= 15 is 0 Å². The number of nitrogen functional groups attached to an aromatic ring is 1. The van der Waals surface area contributed by atoms with Crippen LogP contribution >= 0.6 is 11.6 Å². The molecule has 0 atom stereocenters. The van der Waals surface area contributed by atoms with Crippen molar-refractivity contribution in [3.63, 3.8) is 0 Å². The maximum absolute atomic E-state index is 12.1. The van der Waals surface area contributed by atoms with Crippen LogP contribution in [0.3, 0.4) is 0 Å². The van der Waals surface area contributed by atoms with Crippen LogP contribution in [0.25, 0.3) is 11.3 Å². The van der Waals surface area contributed by atoms with Crippen molar-refractivity contribution < 1.29 is 4.79 Å². The first-order valence-electron chi connectivity index (χ1n) is 7.78. The Balaban J connectivity index is 2.18. The minimum absolute atomic E-state index is 0.0166. The van der Waals surface area contributed by atoms with E-state index in [0.29, 0.717) is 22.8 Å². The fourth-order valence-corrected chi connectivity index (χ4v) is 3.21. The Kier molecular flexibility index (Phi) is 4.45. The van der Waals surface area contributed by atoms with Gasteiger partial charge in [-0.3, -0.25) is 4.79 Å². The molecule has 2 aromatic carbocycles. The molecule has 0 aliphatic rings.